The molecule has 0 radical (unpaired) electrons. The minimum Gasteiger partial charge on any atom is -0.385 e. The number of aromatic nitrogens is 5. The summed E-state index contributed by atoms with van der Waals surface area (Å²) in [5.74, 6) is 0.644. The number of methoxy groups -OCH3 is 1. The second-order valence-corrected chi connectivity index (χ2v) is 13.0. The molecule has 1 N–H and O–H groups in total. The van der Waals surface area contributed by atoms with E-state index in [4.69, 9.17) is 4.74 Å². The maximum absolute atomic E-state index is 14.0. The van der Waals surface area contributed by atoms with Crippen LogP contribution in [0.15, 0.2) is 52.2 Å². The molecule has 0 aliphatic carbocycles. The molecule has 0 spiro atoms. The van der Waals surface area contributed by atoms with Gasteiger partial charge in [-0.05, 0) is 48.1 Å². The normalized spacial score (nSPS) is 15.2. The molecule has 1 fully saturated rings. The van der Waals surface area contributed by atoms with Gasteiger partial charge in [0.15, 0.2) is 5.65 Å². The van der Waals surface area contributed by atoms with Gasteiger partial charge < -0.3 is 14.6 Å². The van der Waals surface area contributed by atoms with E-state index in [2.05, 4.69) is 35.7 Å². The number of aromatic amines is 1. The Hall–Kier alpha value is -4.58. The third-order valence-electron chi connectivity index (χ3n) is 8.42. The topological polar surface area (TPSA) is 135 Å². The predicted octanol–water partition coefficient (Wildman–Crippen LogP) is 3.82. The van der Waals surface area contributed by atoms with Gasteiger partial charge in [-0.3, -0.25) is 28.4 Å². The van der Waals surface area contributed by atoms with Crippen LogP contribution in [0.1, 0.15) is 62.9 Å². The molecule has 4 heterocycles. The quantitative estimate of drug-likeness (QED) is 0.249. The number of likely N-dealkylation sites (tertiary alicyclic amines) is 1. The van der Waals surface area contributed by atoms with E-state index in [0.717, 1.165) is 5.56 Å². The Morgan fingerprint density at radius 2 is 1.89 bits per heavy atom. The highest BCUT2D eigenvalue weighted by Gasteiger charge is 2.31. The molecule has 5 rings (SSSR count). The number of hydrogen-bond acceptors (Lipinski definition) is 7. The van der Waals surface area contributed by atoms with Crippen molar-refractivity contribution in [2.24, 2.45) is 5.92 Å². The lowest BCUT2D eigenvalue weighted by molar-refractivity contribution is -0.126. The van der Waals surface area contributed by atoms with Crippen LogP contribution in [-0.2, 0) is 28.0 Å². The van der Waals surface area contributed by atoms with Crippen molar-refractivity contribution in [1.29, 1.82) is 0 Å². The molecule has 12 nitrogen and oxygen atoms in total. The van der Waals surface area contributed by atoms with Crippen molar-refractivity contribution >= 4 is 28.8 Å². The fourth-order valence-electron chi connectivity index (χ4n) is 5.87. The average molecular weight is 630 g/mol. The van der Waals surface area contributed by atoms with Crippen molar-refractivity contribution in [2.75, 3.05) is 38.8 Å². The molecule has 1 aliphatic rings. The third kappa shape index (κ3) is 6.67. The van der Waals surface area contributed by atoms with Gasteiger partial charge in [0.25, 0.3) is 11.5 Å². The van der Waals surface area contributed by atoms with Gasteiger partial charge in [-0.25, -0.2) is 14.8 Å². The minimum atomic E-state index is -0.418. The van der Waals surface area contributed by atoms with Crippen LogP contribution >= 0.6 is 0 Å². The summed E-state index contributed by atoms with van der Waals surface area (Å²) in [5.41, 5.74) is 1.75. The highest BCUT2D eigenvalue weighted by atomic mass is 16.5. The van der Waals surface area contributed by atoms with Crippen molar-refractivity contribution in [1.82, 2.24) is 29.0 Å². The van der Waals surface area contributed by atoms with Crippen LogP contribution in [0, 0.1) is 5.92 Å². The summed E-state index contributed by atoms with van der Waals surface area (Å²) in [5, 5.41) is 0. The largest absolute Gasteiger partial charge is 0.385 e. The Balaban J connectivity index is 1.52. The number of carbonyl (C=O) groups excluding carboxylic acids is 2. The van der Waals surface area contributed by atoms with E-state index in [9.17, 15) is 19.2 Å². The number of carbonyl (C=O) groups is 2. The number of fused-ring (bicyclic) bond motifs is 1. The summed E-state index contributed by atoms with van der Waals surface area (Å²) >= 11 is 0. The third-order valence-corrected chi connectivity index (χ3v) is 8.42. The highest BCUT2D eigenvalue weighted by Crippen LogP contribution is 2.27. The Kier molecular flexibility index (Phi) is 9.57. The zero-order chi connectivity index (χ0) is 33.2. The van der Waals surface area contributed by atoms with Crippen LogP contribution in [0.5, 0.6) is 0 Å². The van der Waals surface area contributed by atoms with Crippen molar-refractivity contribution in [3.05, 3.63) is 74.6 Å². The fraction of sp³-hybridized carbons (Fsp3) is 0.471. The molecule has 12 heteroatoms. The number of anilines is 1. The van der Waals surface area contributed by atoms with Gasteiger partial charge in [0, 0.05) is 76.6 Å². The second-order valence-electron chi connectivity index (χ2n) is 13.0. The van der Waals surface area contributed by atoms with Gasteiger partial charge in [0.2, 0.25) is 5.91 Å². The number of amides is 2. The number of hydrogen-bond donors (Lipinski definition) is 1. The Morgan fingerprint density at radius 3 is 2.52 bits per heavy atom. The van der Waals surface area contributed by atoms with Crippen LogP contribution in [0.3, 0.4) is 0 Å². The van der Waals surface area contributed by atoms with E-state index in [1.165, 1.54) is 9.13 Å². The summed E-state index contributed by atoms with van der Waals surface area (Å²) in [7, 11) is 3.37. The predicted molar refractivity (Wildman–Crippen MR) is 177 cm³/mol. The lowest BCUT2D eigenvalue weighted by Gasteiger charge is -2.26. The summed E-state index contributed by atoms with van der Waals surface area (Å²) in [6.45, 7) is 10.2. The average Bonchev–Trinajstić information content (AvgIpc) is 3.62. The van der Waals surface area contributed by atoms with E-state index >= 15 is 0 Å². The number of benzene rings is 1. The molecule has 0 saturated carbocycles. The zero-order valence-corrected chi connectivity index (χ0v) is 27.5. The molecule has 4 aromatic rings. The summed E-state index contributed by atoms with van der Waals surface area (Å²) in [4.78, 5) is 68.7. The van der Waals surface area contributed by atoms with E-state index in [1.807, 2.05) is 25.1 Å². The number of nitrogens with zero attached hydrogens (tertiary/aromatic N) is 6. The van der Waals surface area contributed by atoms with Gasteiger partial charge in [-0.15, -0.1) is 0 Å². The monoisotopic (exact) mass is 629 g/mol. The van der Waals surface area contributed by atoms with Gasteiger partial charge >= 0.3 is 5.69 Å². The van der Waals surface area contributed by atoms with Crippen LogP contribution in [0.25, 0.3) is 22.6 Å². The molecule has 0 bridgehead atoms. The lowest BCUT2D eigenvalue weighted by atomic mass is 9.86. The number of rotatable bonds is 11. The summed E-state index contributed by atoms with van der Waals surface area (Å²) in [6.07, 6.45) is 3.18. The maximum Gasteiger partial charge on any atom is 0.332 e. The van der Waals surface area contributed by atoms with Crippen LogP contribution in [0.2, 0.25) is 0 Å². The van der Waals surface area contributed by atoms with Crippen LogP contribution in [0.4, 0.5) is 5.82 Å². The van der Waals surface area contributed by atoms with Gasteiger partial charge in [-0.2, -0.15) is 0 Å². The van der Waals surface area contributed by atoms with Gasteiger partial charge in [0.1, 0.15) is 17.2 Å². The standard InChI is InChI=1S/C34H43N7O5/c1-7-14-40-32(44)28-30(39(33(40)45)15-9-16-46-6)37-29(36-28)24-12-13-26(35-19-24)41(21-22-17-27(42)38(5)20-22)31(43)23-10-8-11-25(18-23)34(2,3)4/h8,10-13,18-19,22H,7,9,14-17,20-21H2,1-6H3,(H,36,37). The first-order valence-electron chi connectivity index (χ1n) is 15.8. The molecular weight excluding hydrogens is 586 g/mol. The molecule has 1 aromatic carbocycles. The Labute approximate surface area is 268 Å². The first-order chi connectivity index (χ1) is 21.9. The van der Waals surface area contributed by atoms with E-state index < -0.39 is 11.2 Å². The lowest BCUT2D eigenvalue weighted by Crippen LogP contribution is -2.40. The number of ether oxygens (including phenoxy) is 1. The van der Waals surface area contributed by atoms with Crippen LogP contribution < -0.4 is 16.1 Å². The van der Waals surface area contributed by atoms with E-state index in [1.54, 1.807) is 48.4 Å². The molecule has 1 aliphatic heterocycles. The zero-order valence-electron chi connectivity index (χ0n) is 27.5. The van der Waals surface area contributed by atoms with Crippen molar-refractivity contribution in [3.63, 3.8) is 0 Å². The van der Waals surface area contributed by atoms with Gasteiger partial charge in [0.05, 0.1) is 0 Å². The molecule has 1 atom stereocenters. The first kappa shape index (κ1) is 32.8. The number of imidazole rings is 1. The second kappa shape index (κ2) is 13.4. The molecular formula is C34H43N7O5. The van der Waals surface area contributed by atoms with Crippen LogP contribution in [-0.4, -0.2) is 74.7 Å². The molecule has 244 valence electrons. The first-order valence-corrected chi connectivity index (χ1v) is 15.8. The van der Waals surface area contributed by atoms with Crippen molar-refractivity contribution < 1.29 is 14.3 Å². The summed E-state index contributed by atoms with van der Waals surface area (Å²) < 4.78 is 7.92. The molecule has 2 amide bonds. The van der Waals surface area contributed by atoms with E-state index in [0.29, 0.717) is 74.8 Å². The highest BCUT2D eigenvalue weighted by molar-refractivity contribution is 6.05. The maximum atomic E-state index is 14.0. The van der Waals surface area contributed by atoms with Gasteiger partial charge in [-0.1, -0.05) is 39.8 Å². The smallest absolute Gasteiger partial charge is 0.332 e. The summed E-state index contributed by atoms with van der Waals surface area (Å²) in [6, 6.07) is 11.2. The fourth-order valence-corrected chi connectivity index (χ4v) is 5.87. The van der Waals surface area contributed by atoms with Crippen molar-refractivity contribution in [3.8, 4) is 11.4 Å². The Morgan fingerprint density at radius 1 is 1.11 bits per heavy atom. The number of aryl methyl sites for hydroxylation is 1. The molecule has 3 aromatic heterocycles. The van der Waals surface area contributed by atoms with E-state index in [-0.39, 0.29) is 34.3 Å². The SMILES string of the molecule is CCCn1c(=O)c2[nH]c(-c3ccc(N(CC4CC(=O)N(C)C4)C(=O)c4cccc(C(C)(C)C)c4)nc3)nc2n(CCCOC)c1=O. The molecule has 1 saturated heterocycles. The number of pyridine rings is 1. The Bertz CT molecular complexity index is 1850. The number of nitrogens with one attached hydrogen (secondary N) is 1. The number of H-pyrrole nitrogens is 1. The molecule has 46 heavy (non-hydrogen) atoms. The minimum absolute atomic E-state index is 0.0377. The molecule has 1 unspecified atom stereocenters. The van der Waals surface area contributed by atoms with Crippen molar-refractivity contribution in [2.45, 2.75) is 65.5 Å².